The standard InChI is InChI=1S/C16H14ClN3O2.ClH/c17-9-12-10-18-16(11-4-2-1-3-5-11)14-8-13(20(21)22)6-7-15(14)19-12;/h1-8,12,19H,9-10H2;1H. The first-order chi connectivity index (χ1) is 10.7. The van der Waals surface area contributed by atoms with Gasteiger partial charge in [0.15, 0.2) is 0 Å². The number of hydrogen-bond donors (Lipinski definition) is 1. The third-order valence-corrected chi connectivity index (χ3v) is 3.90. The van der Waals surface area contributed by atoms with Gasteiger partial charge >= 0.3 is 0 Å². The van der Waals surface area contributed by atoms with Crippen molar-refractivity contribution in [3.8, 4) is 0 Å². The highest BCUT2D eigenvalue weighted by atomic mass is 35.5. The predicted octanol–water partition coefficient (Wildman–Crippen LogP) is 3.89. The summed E-state index contributed by atoms with van der Waals surface area (Å²) < 4.78 is 0. The van der Waals surface area contributed by atoms with Gasteiger partial charge in [0.1, 0.15) is 0 Å². The summed E-state index contributed by atoms with van der Waals surface area (Å²) in [5.41, 5.74) is 3.28. The zero-order valence-corrected chi connectivity index (χ0v) is 13.7. The van der Waals surface area contributed by atoms with Gasteiger partial charge in [0.25, 0.3) is 5.69 Å². The van der Waals surface area contributed by atoms with Gasteiger partial charge in [-0.2, -0.15) is 0 Å². The van der Waals surface area contributed by atoms with E-state index in [2.05, 4.69) is 10.3 Å². The Morgan fingerprint density at radius 3 is 2.65 bits per heavy atom. The van der Waals surface area contributed by atoms with Gasteiger partial charge in [0.2, 0.25) is 0 Å². The average Bonchev–Trinajstić information content (AvgIpc) is 2.74. The lowest BCUT2D eigenvalue weighted by atomic mass is 10.00. The molecule has 2 aromatic carbocycles. The molecule has 120 valence electrons. The molecule has 1 heterocycles. The van der Waals surface area contributed by atoms with Crippen molar-refractivity contribution in [2.45, 2.75) is 6.04 Å². The van der Waals surface area contributed by atoms with Gasteiger partial charge in [-0.15, -0.1) is 24.0 Å². The Balaban J connectivity index is 0.00000192. The fourth-order valence-corrected chi connectivity index (χ4v) is 2.62. The van der Waals surface area contributed by atoms with Gasteiger partial charge < -0.3 is 5.32 Å². The molecule has 1 unspecified atom stereocenters. The van der Waals surface area contributed by atoms with E-state index in [1.165, 1.54) is 6.07 Å². The average molecular weight is 352 g/mol. The molecule has 0 aliphatic carbocycles. The van der Waals surface area contributed by atoms with E-state index >= 15 is 0 Å². The molecule has 0 bridgehead atoms. The fraction of sp³-hybridized carbons (Fsp3) is 0.188. The van der Waals surface area contributed by atoms with Crippen molar-refractivity contribution in [3.05, 3.63) is 69.8 Å². The van der Waals surface area contributed by atoms with Crippen LogP contribution in [0.1, 0.15) is 11.1 Å². The zero-order valence-electron chi connectivity index (χ0n) is 12.1. The first-order valence-electron chi connectivity index (χ1n) is 6.90. The van der Waals surface area contributed by atoms with Crippen molar-refractivity contribution in [2.75, 3.05) is 17.7 Å². The molecule has 1 aliphatic heterocycles. The van der Waals surface area contributed by atoms with Gasteiger partial charge in [0, 0.05) is 34.8 Å². The Morgan fingerprint density at radius 2 is 2.00 bits per heavy atom. The monoisotopic (exact) mass is 351 g/mol. The lowest BCUT2D eigenvalue weighted by Crippen LogP contribution is -2.23. The normalized spacial score (nSPS) is 16.2. The van der Waals surface area contributed by atoms with Crippen LogP contribution in [0.5, 0.6) is 0 Å². The minimum Gasteiger partial charge on any atom is -0.379 e. The first-order valence-corrected chi connectivity index (χ1v) is 7.43. The molecule has 0 saturated heterocycles. The number of benzene rings is 2. The second-order valence-electron chi connectivity index (χ2n) is 5.04. The Morgan fingerprint density at radius 1 is 1.26 bits per heavy atom. The number of anilines is 1. The molecule has 0 radical (unpaired) electrons. The molecule has 5 nitrogen and oxygen atoms in total. The quantitative estimate of drug-likeness (QED) is 0.518. The SMILES string of the molecule is Cl.O=[N+]([O-])c1ccc2c(c1)C(c1ccccc1)=NCC(CCl)N2. The summed E-state index contributed by atoms with van der Waals surface area (Å²) in [4.78, 5) is 15.3. The number of alkyl halides is 1. The van der Waals surface area contributed by atoms with Crippen LogP contribution in [0.3, 0.4) is 0 Å². The van der Waals surface area contributed by atoms with E-state index in [-0.39, 0.29) is 24.1 Å². The minimum absolute atomic E-state index is 0. The molecular formula is C16H15Cl2N3O2. The molecule has 3 rings (SSSR count). The van der Waals surface area contributed by atoms with Gasteiger partial charge in [-0.3, -0.25) is 15.1 Å². The number of nitro groups is 1. The highest BCUT2D eigenvalue weighted by Gasteiger charge is 2.21. The number of fused-ring (bicyclic) bond motifs is 1. The van der Waals surface area contributed by atoms with Crippen LogP contribution in [0.2, 0.25) is 0 Å². The lowest BCUT2D eigenvalue weighted by Gasteiger charge is -2.14. The van der Waals surface area contributed by atoms with Crippen LogP contribution in [0, 0.1) is 10.1 Å². The zero-order chi connectivity index (χ0) is 15.5. The molecule has 7 heteroatoms. The van der Waals surface area contributed by atoms with E-state index in [9.17, 15) is 10.1 Å². The summed E-state index contributed by atoms with van der Waals surface area (Å²) in [5.74, 6) is 0.419. The van der Waals surface area contributed by atoms with Crippen LogP contribution in [0.15, 0.2) is 53.5 Å². The summed E-state index contributed by atoms with van der Waals surface area (Å²) in [6.45, 7) is 0.524. The molecule has 0 aromatic heterocycles. The third kappa shape index (κ3) is 3.63. The molecule has 23 heavy (non-hydrogen) atoms. The fourth-order valence-electron chi connectivity index (χ4n) is 2.45. The summed E-state index contributed by atoms with van der Waals surface area (Å²) in [5, 5.41) is 14.4. The van der Waals surface area contributed by atoms with Crippen LogP contribution in [0.25, 0.3) is 0 Å². The number of nitrogens with zero attached hydrogens (tertiary/aromatic N) is 2. The summed E-state index contributed by atoms with van der Waals surface area (Å²) in [7, 11) is 0. The van der Waals surface area contributed by atoms with Crippen molar-refractivity contribution in [3.63, 3.8) is 0 Å². The van der Waals surface area contributed by atoms with Gasteiger partial charge in [-0.05, 0) is 6.07 Å². The Labute approximate surface area is 144 Å². The van der Waals surface area contributed by atoms with Gasteiger partial charge in [-0.1, -0.05) is 30.3 Å². The highest BCUT2D eigenvalue weighted by molar-refractivity contribution is 6.19. The van der Waals surface area contributed by atoms with Crippen LogP contribution in [-0.4, -0.2) is 29.1 Å². The number of nitrogens with one attached hydrogen (secondary N) is 1. The van der Waals surface area contributed by atoms with E-state index in [4.69, 9.17) is 11.6 Å². The number of hydrogen-bond acceptors (Lipinski definition) is 4. The number of rotatable bonds is 3. The molecule has 0 amide bonds. The van der Waals surface area contributed by atoms with Crippen LogP contribution in [0.4, 0.5) is 11.4 Å². The van der Waals surface area contributed by atoms with E-state index < -0.39 is 4.92 Å². The van der Waals surface area contributed by atoms with Crippen molar-refractivity contribution in [1.29, 1.82) is 0 Å². The first kappa shape index (κ1) is 17.2. The molecule has 1 N–H and O–H groups in total. The molecule has 1 atom stereocenters. The summed E-state index contributed by atoms with van der Waals surface area (Å²) >= 11 is 5.95. The van der Waals surface area contributed by atoms with Crippen molar-refractivity contribution < 1.29 is 4.92 Å². The predicted molar refractivity (Wildman–Crippen MR) is 95.4 cm³/mol. The Hall–Kier alpha value is -2.11. The molecular weight excluding hydrogens is 337 g/mol. The molecule has 0 fully saturated rings. The highest BCUT2D eigenvalue weighted by Crippen LogP contribution is 2.28. The van der Waals surface area contributed by atoms with Crippen molar-refractivity contribution in [1.82, 2.24) is 0 Å². The van der Waals surface area contributed by atoms with E-state index in [1.807, 2.05) is 30.3 Å². The van der Waals surface area contributed by atoms with Crippen molar-refractivity contribution in [2.24, 2.45) is 4.99 Å². The van der Waals surface area contributed by atoms with Crippen LogP contribution >= 0.6 is 24.0 Å². The topological polar surface area (TPSA) is 67.5 Å². The Bertz CT molecular complexity index is 735. The third-order valence-electron chi connectivity index (χ3n) is 3.53. The maximum Gasteiger partial charge on any atom is 0.270 e. The van der Waals surface area contributed by atoms with Crippen LogP contribution in [-0.2, 0) is 0 Å². The summed E-state index contributed by atoms with van der Waals surface area (Å²) in [6, 6.07) is 14.4. The van der Waals surface area contributed by atoms with E-state index in [0.29, 0.717) is 12.4 Å². The van der Waals surface area contributed by atoms with Crippen molar-refractivity contribution >= 4 is 41.1 Å². The largest absolute Gasteiger partial charge is 0.379 e. The second-order valence-corrected chi connectivity index (χ2v) is 5.35. The number of halogens is 2. The Kier molecular flexibility index (Phi) is 5.58. The lowest BCUT2D eigenvalue weighted by molar-refractivity contribution is -0.384. The molecule has 0 spiro atoms. The molecule has 0 saturated carbocycles. The van der Waals surface area contributed by atoms with E-state index in [0.717, 1.165) is 22.5 Å². The van der Waals surface area contributed by atoms with Crippen LogP contribution < -0.4 is 5.32 Å². The number of aliphatic imine (C=N–C) groups is 1. The smallest absolute Gasteiger partial charge is 0.270 e. The number of nitro benzene ring substituents is 1. The van der Waals surface area contributed by atoms with E-state index in [1.54, 1.807) is 12.1 Å². The summed E-state index contributed by atoms with van der Waals surface area (Å²) in [6.07, 6.45) is 0. The minimum atomic E-state index is -0.396. The number of non-ortho nitro benzene ring substituents is 1. The second kappa shape index (κ2) is 7.44. The van der Waals surface area contributed by atoms with Gasteiger partial charge in [0.05, 0.1) is 23.2 Å². The molecule has 1 aliphatic rings. The van der Waals surface area contributed by atoms with Gasteiger partial charge in [-0.25, -0.2) is 0 Å². The molecule has 2 aromatic rings. The maximum absolute atomic E-state index is 11.1. The maximum atomic E-state index is 11.1. The number of benzodiazepines with no additional fused rings is 1.